The molecule has 3 N–H and O–H groups in total. The van der Waals surface area contributed by atoms with E-state index in [1.165, 1.54) is 6.21 Å². The number of hydrogen-bond acceptors (Lipinski definition) is 6. The molecule has 1 saturated heterocycles. The number of benzene rings is 1. The zero-order valence-corrected chi connectivity index (χ0v) is 20.1. The SMILES string of the molecule is C=NC[C@@]1(C2CC2)CCN(c2ccnc(NC(=O)Cc3cccc(/C(C=N)=C/NCC)c3)c2)C1=O. The van der Waals surface area contributed by atoms with Crippen molar-refractivity contribution in [3.8, 4) is 0 Å². The molecule has 182 valence electrons. The molecule has 2 heterocycles. The van der Waals surface area contributed by atoms with E-state index in [0.717, 1.165) is 48.2 Å². The van der Waals surface area contributed by atoms with Gasteiger partial charge in [-0.1, -0.05) is 24.3 Å². The molecule has 2 aromatic rings. The van der Waals surface area contributed by atoms with Crippen molar-refractivity contribution < 1.29 is 9.59 Å². The molecule has 0 unspecified atom stereocenters. The number of allylic oxidation sites excluding steroid dienone is 1. The number of carbonyl (C=O) groups is 2. The molecule has 4 rings (SSSR count). The Morgan fingerprint density at radius 2 is 2.17 bits per heavy atom. The van der Waals surface area contributed by atoms with Crippen molar-refractivity contribution >= 4 is 41.8 Å². The summed E-state index contributed by atoms with van der Waals surface area (Å²) < 4.78 is 0. The monoisotopic (exact) mass is 472 g/mol. The van der Waals surface area contributed by atoms with Gasteiger partial charge in [0.05, 0.1) is 18.4 Å². The van der Waals surface area contributed by atoms with Crippen LogP contribution in [-0.2, 0) is 16.0 Å². The van der Waals surface area contributed by atoms with E-state index in [4.69, 9.17) is 5.41 Å². The van der Waals surface area contributed by atoms with Gasteiger partial charge < -0.3 is 20.9 Å². The van der Waals surface area contributed by atoms with E-state index < -0.39 is 5.41 Å². The Bertz CT molecular complexity index is 1160. The van der Waals surface area contributed by atoms with Gasteiger partial charge in [0.2, 0.25) is 11.8 Å². The minimum atomic E-state index is -0.435. The molecule has 1 aliphatic heterocycles. The summed E-state index contributed by atoms with van der Waals surface area (Å²) in [6.45, 7) is 7.48. The first kappa shape index (κ1) is 24.3. The molecule has 2 fully saturated rings. The van der Waals surface area contributed by atoms with Crippen LogP contribution in [0.4, 0.5) is 11.5 Å². The lowest BCUT2D eigenvalue weighted by Gasteiger charge is -2.26. The summed E-state index contributed by atoms with van der Waals surface area (Å²) in [7, 11) is 0. The second-order valence-electron chi connectivity index (χ2n) is 9.15. The molecular formula is C27H32N6O2. The lowest BCUT2D eigenvalue weighted by Crippen LogP contribution is -2.38. The van der Waals surface area contributed by atoms with E-state index in [2.05, 4.69) is 27.3 Å². The molecule has 1 atom stereocenters. The van der Waals surface area contributed by atoms with Gasteiger partial charge in [-0.25, -0.2) is 4.98 Å². The number of pyridine rings is 1. The average molecular weight is 473 g/mol. The Morgan fingerprint density at radius 1 is 1.34 bits per heavy atom. The molecule has 8 nitrogen and oxygen atoms in total. The fourth-order valence-electron chi connectivity index (χ4n) is 4.83. The van der Waals surface area contributed by atoms with Crippen LogP contribution >= 0.6 is 0 Å². The fraction of sp³-hybridized carbons (Fsp3) is 0.370. The number of carbonyl (C=O) groups excluding carboxylic acids is 2. The average Bonchev–Trinajstić information content (AvgIpc) is 3.65. The molecule has 1 aromatic carbocycles. The van der Waals surface area contributed by atoms with Crippen molar-refractivity contribution in [1.29, 1.82) is 5.41 Å². The molecule has 2 aliphatic rings. The smallest absolute Gasteiger partial charge is 0.235 e. The largest absolute Gasteiger partial charge is 0.391 e. The maximum atomic E-state index is 13.4. The number of anilines is 2. The predicted molar refractivity (Wildman–Crippen MR) is 140 cm³/mol. The van der Waals surface area contributed by atoms with Crippen LogP contribution in [0, 0.1) is 16.7 Å². The lowest BCUT2D eigenvalue weighted by atomic mass is 9.81. The van der Waals surface area contributed by atoms with E-state index >= 15 is 0 Å². The van der Waals surface area contributed by atoms with Gasteiger partial charge in [0.1, 0.15) is 5.82 Å². The van der Waals surface area contributed by atoms with Gasteiger partial charge in [0.15, 0.2) is 0 Å². The molecule has 1 saturated carbocycles. The normalized spacial score (nSPS) is 20.0. The summed E-state index contributed by atoms with van der Waals surface area (Å²) in [5.74, 6) is 0.701. The molecule has 8 heteroatoms. The fourth-order valence-corrected chi connectivity index (χ4v) is 4.83. The Balaban J connectivity index is 1.44. The van der Waals surface area contributed by atoms with E-state index in [-0.39, 0.29) is 18.2 Å². The second kappa shape index (κ2) is 10.6. The van der Waals surface area contributed by atoms with Gasteiger partial charge in [-0.2, -0.15) is 0 Å². The maximum absolute atomic E-state index is 13.4. The van der Waals surface area contributed by atoms with Crippen LogP contribution in [0.5, 0.6) is 0 Å². The van der Waals surface area contributed by atoms with Crippen LogP contribution in [0.3, 0.4) is 0 Å². The van der Waals surface area contributed by atoms with Gasteiger partial charge >= 0.3 is 0 Å². The maximum Gasteiger partial charge on any atom is 0.235 e. The number of rotatable bonds is 11. The third-order valence-corrected chi connectivity index (χ3v) is 6.77. The standard InChI is InChI=1S/C27H32N6O2/c1-3-30-17-21(16-28)20-6-4-5-19(13-20)14-25(34)32-24-15-23(9-11-31-24)33-12-10-27(18-29-2,26(33)35)22-7-8-22/h4-6,9,11,13,15-17,22,28,30H,2-3,7-8,10,12,14,18H2,1H3,(H,31,32,34)/b21-17+,28-16?/t27-/m1/s1. The summed E-state index contributed by atoms with van der Waals surface area (Å²) in [5.41, 5.74) is 2.75. The second-order valence-corrected chi connectivity index (χ2v) is 9.15. The first-order chi connectivity index (χ1) is 17.0. The summed E-state index contributed by atoms with van der Waals surface area (Å²) in [6.07, 6.45) is 7.79. The van der Waals surface area contributed by atoms with Crippen molar-refractivity contribution in [3.05, 3.63) is 59.9 Å². The Labute approximate surface area is 206 Å². The number of aromatic nitrogens is 1. The summed E-state index contributed by atoms with van der Waals surface area (Å²) in [6, 6.07) is 11.1. The van der Waals surface area contributed by atoms with Crippen LogP contribution in [0.2, 0.25) is 0 Å². The summed E-state index contributed by atoms with van der Waals surface area (Å²) in [4.78, 5) is 36.3. The highest BCUT2D eigenvalue weighted by molar-refractivity contribution is 6.08. The number of amides is 2. The topological polar surface area (TPSA) is 111 Å². The van der Waals surface area contributed by atoms with Gasteiger partial charge in [-0.15, -0.1) is 0 Å². The molecule has 0 bridgehead atoms. The van der Waals surface area contributed by atoms with E-state index in [1.54, 1.807) is 29.4 Å². The van der Waals surface area contributed by atoms with Crippen molar-refractivity contribution in [2.45, 2.75) is 32.6 Å². The van der Waals surface area contributed by atoms with Crippen LogP contribution < -0.4 is 15.5 Å². The molecule has 0 radical (unpaired) electrons. The first-order valence-corrected chi connectivity index (χ1v) is 12.0. The van der Waals surface area contributed by atoms with Gasteiger partial charge in [0.25, 0.3) is 0 Å². The highest BCUT2D eigenvalue weighted by atomic mass is 16.2. The van der Waals surface area contributed by atoms with Crippen molar-refractivity contribution in [1.82, 2.24) is 10.3 Å². The van der Waals surface area contributed by atoms with E-state index in [0.29, 0.717) is 24.8 Å². The minimum Gasteiger partial charge on any atom is -0.391 e. The third kappa shape index (κ3) is 5.31. The number of hydrogen-bond donors (Lipinski definition) is 3. The van der Waals surface area contributed by atoms with E-state index in [9.17, 15) is 9.59 Å². The Kier molecular flexibility index (Phi) is 7.39. The van der Waals surface area contributed by atoms with Crippen molar-refractivity contribution in [3.63, 3.8) is 0 Å². The highest BCUT2D eigenvalue weighted by Crippen LogP contribution is 2.52. The van der Waals surface area contributed by atoms with Crippen LogP contribution in [-0.4, -0.2) is 49.4 Å². The van der Waals surface area contributed by atoms with Crippen LogP contribution in [0.1, 0.15) is 37.3 Å². The van der Waals surface area contributed by atoms with Crippen molar-refractivity contribution in [2.24, 2.45) is 16.3 Å². The van der Waals surface area contributed by atoms with Crippen LogP contribution in [0.25, 0.3) is 5.57 Å². The molecule has 0 spiro atoms. The Hall–Kier alpha value is -3.81. The first-order valence-electron chi connectivity index (χ1n) is 12.0. The van der Waals surface area contributed by atoms with Gasteiger partial charge in [0, 0.05) is 49.0 Å². The predicted octanol–water partition coefficient (Wildman–Crippen LogP) is 3.70. The molecule has 35 heavy (non-hydrogen) atoms. The molecule has 2 amide bonds. The number of aliphatic imine (C=N–C) groups is 1. The number of nitrogens with one attached hydrogen (secondary N) is 3. The third-order valence-electron chi connectivity index (χ3n) is 6.77. The Morgan fingerprint density at radius 3 is 2.89 bits per heavy atom. The molecule has 1 aliphatic carbocycles. The molecule has 1 aromatic heterocycles. The lowest BCUT2D eigenvalue weighted by molar-refractivity contribution is -0.126. The highest BCUT2D eigenvalue weighted by Gasteiger charge is 2.55. The van der Waals surface area contributed by atoms with Gasteiger partial charge in [-0.3, -0.25) is 14.6 Å². The number of nitrogens with zero attached hydrogens (tertiary/aromatic N) is 3. The minimum absolute atomic E-state index is 0.0975. The van der Waals surface area contributed by atoms with Gasteiger partial charge in [-0.05, 0) is 56.0 Å². The van der Waals surface area contributed by atoms with Crippen molar-refractivity contribution in [2.75, 3.05) is 29.9 Å². The quantitative estimate of drug-likeness (QED) is 0.433. The molecular weight excluding hydrogens is 440 g/mol. The summed E-state index contributed by atoms with van der Waals surface area (Å²) >= 11 is 0. The van der Waals surface area contributed by atoms with Crippen LogP contribution in [0.15, 0.2) is 53.8 Å². The van der Waals surface area contributed by atoms with E-state index in [1.807, 2.05) is 31.2 Å². The zero-order valence-electron chi connectivity index (χ0n) is 20.1. The zero-order chi connectivity index (χ0) is 24.8. The summed E-state index contributed by atoms with van der Waals surface area (Å²) in [5, 5.41) is 13.6.